The number of piperidine rings is 1. The van der Waals surface area contributed by atoms with Gasteiger partial charge >= 0.3 is 0 Å². The van der Waals surface area contributed by atoms with Crippen molar-refractivity contribution >= 4 is 22.6 Å². The molecule has 3 aromatic carbocycles. The maximum atomic E-state index is 12.6. The monoisotopic (exact) mass is 415 g/mol. The first kappa shape index (κ1) is 21.1. The Balaban J connectivity index is 1.23. The Morgan fingerprint density at radius 1 is 0.935 bits per heavy atom. The third-order valence-electron chi connectivity index (χ3n) is 5.98. The molecule has 5 heteroatoms. The topological polar surface area (TPSA) is 61.4 Å². The summed E-state index contributed by atoms with van der Waals surface area (Å²) in [6.45, 7) is 4.01. The van der Waals surface area contributed by atoms with E-state index in [1.165, 1.54) is 10.8 Å². The molecule has 0 radical (unpaired) electrons. The Morgan fingerprint density at radius 2 is 1.61 bits per heavy atom. The summed E-state index contributed by atoms with van der Waals surface area (Å²) in [6, 6.07) is 24.0. The molecular formula is C26H29N3O2. The molecular weight excluding hydrogens is 386 g/mol. The molecule has 4 rings (SSSR count). The zero-order valence-corrected chi connectivity index (χ0v) is 17.9. The van der Waals surface area contributed by atoms with Gasteiger partial charge in [-0.25, -0.2) is 0 Å². The summed E-state index contributed by atoms with van der Waals surface area (Å²) < 4.78 is 0. The highest BCUT2D eigenvalue weighted by Crippen LogP contribution is 2.20. The van der Waals surface area contributed by atoms with Crippen molar-refractivity contribution in [2.75, 3.05) is 19.6 Å². The van der Waals surface area contributed by atoms with Crippen LogP contribution in [0.25, 0.3) is 10.8 Å². The Morgan fingerprint density at radius 3 is 2.35 bits per heavy atom. The van der Waals surface area contributed by atoms with Crippen LogP contribution in [0, 0.1) is 0 Å². The summed E-state index contributed by atoms with van der Waals surface area (Å²) in [5.41, 5.74) is 1.79. The highest BCUT2D eigenvalue weighted by Gasteiger charge is 2.23. The van der Waals surface area contributed by atoms with E-state index in [0.717, 1.165) is 31.5 Å². The first-order chi connectivity index (χ1) is 15.1. The molecule has 1 fully saturated rings. The number of carbonyl (C=O) groups is 2. The third kappa shape index (κ3) is 5.50. The number of rotatable bonds is 6. The van der Waals surface area contributed by atoms with E-state index in [1.807, 2.05) is 49.4 Å². The van der Waals surface area contributed by atoms with Gasteiger partial charge in [-0.15, -0.1) is 0 Å². The molecule has 2 N–H and O–H groups in total. The smallest absolute Gasteiger partial charge is 0.251 e. The van der Waals surface area contributed by atoms with Crippen molar-refractivity contribution in [2.45, 2.75) is 31.8 Å². The van der Waals surface area contributed by atoms with E-state index >= 15 is 0 Å². The van der Waals surface area contributed by atoms with Gasteiger partial charge in [0.25, 0.3) is 5.91 Å². The number of fused-ring (bicyclic) bond motifs is 1. The largest absolute Gasteiger partial charge is 0.349 e. The van der Waals surface area contributed by atoms with Crippen molar-refractivity contribution in [1.29, 1.82) is 0 Å². The zero-order chi connectivity index (χ0) is 21.6. The molecule has 0 saturated carbocycles. The minimum Gasteiger partial charge on any atom is -0.349 e. The Bertz CT molecular complexity index is 1040. The van der Waals surface area contributed by atoms with Crippen molar-refractivity contribution in [1.82, 2.24) is 15.5 Å². The van der Waals surface area contributed by atoms with E-state index in [1.54, 1.807) is 0 Å². The molecule has 2 amide bonds. The van der Waals surface area contributed by atoms with Gasteiger partial charge in [-0.3, -0.25) is 14.5 Å². The molecule has 1 aliphatic rings. The molecule has 0 bridgehead atoms. The first-order valence-electron chi connectivity index (χ1n) is 10.9. The van der Waals surface area contributed by atoms with Crippen LogP contribution in [0.4, 0.5) is 0 Å². The molecule has 0 spiro atoms. The van der Waals surface area contributed by atoms with Crippen LogP contribution in [0.3, 0.4) is 0 Å². The van der Waals surface area contributed by atoms with Gasteiger partial charge in [0.2, 0.25) is 5.91 Å². The van der Waals surface area contributed by atoms with E-state index in [4.69, 9.17) is 0 Å². The second-order valence-corrected chi connectivity index (χ2v) is 8.29. The second kappa shape index (κ2) is 9.75. The lowest BCUT2D eigenvalue weighted by Crippen LogP contribution is -2.47. The van der Waals surface area contributed by atoms with E-state index in [9.17, 15) is 9.59 Å². The normalized spacial score (nSPS) is 16.0. The molecule has 160 valence electrons. The van der Waals surface area contributed by atoms with Crippen LogP contribution < -0.4 is 10.6 Å². The number of hydrogen-bond donors (Lipinski definition) is 2. The lowest BCUT2D eigenvalue weighted by Gasteiger charge is -2.32. The van der Waals surface area contributed by atoms with Gasteiger partial charge in [0.1, 0.15) is 0 Å². The van der Waals surface area contributed by atoms with Crippen molar-refractivity contribution in [2.24, 2.45) is 0 Å². The van der Waals surface area contributed by atoms with Crippen LogP contribution in [-0.2, 0) is 4.79 Å². The SMILES string of the molecule is CC(NC(=O)CN1CCC(NC(=O)c2ccccc2)CC1)c1ccc2ccccc2c1. The van der Waals surface area contributed by atoms with Gasteiger partial charge in [0, 0.05) is 24.7 Å². The fraction of sp³-hybridized carbons (Fsp3) is 0.308. The number of carbonyl (C=O) groups excluding carboxylic acids is 2. The number of nitrogens with one attached hydrogen (secondary N) is 2. The fourth-order valence-corrected chi connectivity index (χ4v) is 4.14. The van der Waals surface area contributed by atoms with Crippen molar-refractivity contribution in [3.8, 4) is 0 Å². The average Bonchev–Trinajstić information content (AvgIpc) is 2.80. The molecule has 31 heavy (non-hydrogen) atoms. The van der Waals surface area contributed by atoms with Crippen LogP contribution in [0.1, 0.15) is 41.7 Å². The van der Waals surface area contributed by atoms with Crippen LogP contribution in [-0.4, -0.2) is 42.4 Å². The van der Waals surface area contributed by atoms with Gasteiger partial charge in [0.15, 0.2) is 0 Å². The Kier molecular flexibility index (Phi) is 6.63. The molecule has 1 unspecified atom stereocenters. The molecule has 5 nitrogen and oxygen atoms in total. The lowest BCUT2D eigenvalue weighted by atomic mass is 10.0. The van der Waals surface area contributed by atoms with Crippen LogP contribution in [0.2, 0.25) is 0 Å². The number of benzene rings is 3. The molecule has 1 saturated heterocycles. The van der Waals surface area contributed by atoms with Gasteiger partial charge in [-0.2, -0.15) is 0 Å². The molecule has 1 atom stereocenters. The summed E-state index contributed by atoms with van der Waals surface area (Å²) in [5.74, 6) is 0.00781. The predicted molar refractivity (Wildman–Crippen MR) is 124 cm³/mol. The number of likely N-dealkylation sites (tertiary alicyclic amines) is 1. The van der Waals surface area contributed by atoms with E-state index < -0.39 is 0 Å². The number of hydrogen-bond acceptors (Lipinski definition) is 3. The lowest BCUT2D eigenvalue weighted by molar-refractivity contribution is -0.123. The van der Waals surface area contributed by atoms with Crippen LogP contribution in [0.15, 0.2) is 72.8 Å². The van der Waals surface area contributed by atoms with Gasteiger partial charge in [0.05, 0.1) is 12.6 Å². The first-order valence-corrected chi connectivity index (χ1v) is 10.9. The summed E-state index contributed by atoms with van der Waals surface area (Å²) >= 11 is 0. The zero-order valence-electron chi connectivity index (χ0n) is 17.9. The van der Waals surface area contributed by atoms with E-state index in [0.29, 0.717) is 12.1 Å². The third-order valence-corrected chi connectivity index (χ3v) is 5.98. The fourth-order valence-electron chi connectivity index (χ4n) is 4.14. The highest BCUT2D eigenvalue weighted by molar-refractivity contribution is 5.94. The van der Waals surface area contributed by atoms with E-state index in [-0.39, 0.29) is 23.9 Å². The summed E-state index contributed by atoms with van der Waals surface area (Å²) in [7, 11) is 0. The quantitative estimate of drug-likeness (QED) is 0.642. The number of amides is 2. The second-order valence-electron chi connectivity index (χ2n) is 8.29. The highest BCUT2D eigenvalue weighted by atomic mass is 16.2. The van der Waals surface area contributed by atoms with Crippen molar-refractivity contribution in [3.05, 3.63) is 83.9 Å². The van der Waals surface area contributed by atoms with Gasteiger partial charge in [-0.05, 0) is 54.3 Å². The molecule has 0 aromatic heterocycles. The molecule has 1 aliphatic heterocycles. The maximum absolute atomic E-state index is 12.6. The van der Waals surface area contributed by atoms with E-state index in [2.05, 4.69) is 45.9 Å². The van der Waals surface area contributed by atoms with Crippen LogP contribution >= 0.6 is 0 Å². The van der Waals surface area contributed by atoms with Gasteiger partial charge in [-0.1, -0.05) is 54.6 Å². The maximum Gasteiger partial charge on any atom is 0.251 e. The molecule has 1 heterocycles. The Hall–Kier alpha value is -3.18. The van der Waals surface area contributed by atoms with Crippen molar-refractivity contribution < 1.29 is 9.59 Å². The minimum atomic E-state index is -0.0418. The Labute approximate surface area is 183 Å². The summed E-state index contributed by atoms with van der Waals surface area (Å²) in [4.78, 5) is 27.1. The summed E-state index contributed by atoms with van der Waals surface area (Å²) in [6.07, 6.45) is 1.71. The standard InChI is InChI=1S/C26H29N3O2/c1-19(22-12-11-20-7-5-6-10-23(20)17-22)27-25(30)18-29-15-13-24(14-16-29)28-26(31)21-8-3-2-4-9-21/h2-12,17,19,24H,13-16,18H2,1H3,(H,27,30)(H,28,31). The van der Waals surface area contributed by atoms with Gasteiger partial charge < -0.3 is 10.6 Å². The molecule has 3 aromatic rings. The van der Waals surface area contributed by atoms with Crippen molar-refractivity contribution in [3.63, 3.8) is 0 Å². The summed E-state index contributed by atoms with van der Waals surface area (Å²) in [5, 5.41) is 8.62. The minimum absolute atomic E-state index is 0.0268. The average molecular weight is 416 g/mol. The number of nitrogens with zero attached hydrogens (tertiary/aromatic N) is 1. The predicted octanol–water partition coefficient (Wildman–Crippen LogP) is 3.91. The van der Waals surface area contributed by atoms with Crippen LogP contribution in [0.5, 0.6) is 0 Å². The molecule has 0 aliphatic carbocycles.